The van der Waals surface area contributed by atoms with Crippen molar-refractivity contribution >= 4 is 11.6 Å². The first-order valence-electron chi connectivity index (χ1n) is 6.11. The minimum Gasteiger partial charge on any atom is -0.437 e. The zero-order valence-electron chi connectivity index (χ0n) is 10.9. The van der Waals surface area contributed by atoms with E-state index in [0.29, 0.717) is 29.2 Å². The molecule has 0 radical (unpaired) electrons. The number of aromatic nitrogens is 2. The van der Waals surface area contributed by atoms with E-state index in [-0.39, 0.29) is 0 Å². The number of ether oxygens (including phenoxy) is 1. The molecule has 0 saturated carbocycles. The van der Waals surface area contributed by atoms with Gasteiger partial charge in [0, 0.05) is 23.8 Å². The fourth-order valence-electron chi connectivity index (χ4n) is 1.48. The maximum atomic E-state index is 5.90. The average molecular weight is 278 g/mol. The van der Waals surface area contributed by atoms with Gasteiger partial charge in [0.1, 0.15) is 5.75 Å². The highest BCUT2D eigenvalue weighted by Gasteiger charge is 2.03. The Balaban J connectivity index is 2.06. The van der Waals surface area contributed by atoms with Crippen LogP contribution in [0.2, 0.25) is 5.02 Å². The van der Waals surface area contributed by atoms with Crippen LogP contribution >= 0.6 is 11.6 Å². The summed E-state index contributed by atoms with van der Waals surface area (Å²) >= 11 is 5.90. The van der Waals surface area contributed by atoms with Crippen molar-refractivity contribution in [1.82, 2.24) is 15.3 Å². The van der Waals surface area contributed by atoms with E-state index in [0.717, 1.165) is 5.69 Å². The Labute approximate surface area is 117 Å². The van der Waals surface area contributed by atoms with E-state index in [1.165, 1.54) is 0 Å². The highest BCUT2D eigenvalue weighted by molar-refractivity contribution is 6.30. The molecule has 1 heterocycles. The van der Waals surface area contributed by atoms with Crippen molar-refractivity contribution in [1.29, 1.82) is 0 Å². The predicted octanol–water partition coefficient (Wildman–Crippen LogP) is 3.42. The largest absolute Gasteiger partial charge is 0.437 e. The Kier molecular flexibility index (Phi) is 4.71. The number of nitrogens with one attached hydrogen (secondary N) is 1. The Morgan fingerprint density at radius 2 is 2.16 bits per heavy atom. The van der Waals surface area contributed by atoms with Gasteiger partial charge in [-0.15, -0.1) is 0 Å². The molecule has 0 atom stereocenters. The standard InChI is InChI=1S/C14H16ClN3O/c1-10(2)17-8-12-7-16-9-14(18-12)19-13-5-3-4-11(15)6-13/h3-7,9-10,17H,8H2,1-2H3. The topological polar surface area (TPSA) is 47.0 Å². The monoisotopic (exact) mass is 277 g/mol. The van der Waals surface area contributed by atoms with Gasteiger partial charge in [-0.05, 0) is 18.2 Å². The molecule has 19 heavy (non-hydrogen) atoms. The molecule has 0 aliphatic rings. The first kappa shape index (κ1) is 13.8. The van der Waals surface area contributed by atoms with E-state index in [9.17, 15) is 0 Å². The number of rotatable bonds is 5. The molecule has 0 bridgehead atoms. The minimum atomic E-state index is 0.402. The maximum Gasteiger partial charge on any atom is 0.238 e. The van der Waals surface area contributed by atoms with Gasteiger partial charge in [0.25, 0.3) is 0 Å². The first-order chi connectivity index (χ1) is 9.13. The number of halogens is 1. The minimum absolute atomic E-state index is 0.402. The Bertz CT molecular complexity index is 546. The first-order valence-corrected chi connectivity index (χ1v) is 6.49. The molecule has 2 rings (SSSR count). The Hall–Kier alpha value is -1.65. The second kappa shape index (κ2) is 6.50. The summed E-state index contributed by atoms with van der Waals surface area (Å²) < 4.78 is 5.62. The van der Waals surface area contributed by atoms with E-state index in [1.54, 1.807) is 24.5 Å². The lowest BCUT2D eigenvalue weighted by Crippen LogP contribution is -2.22. The third kappa shape index (κ3) is 4.50. The van der Waals surface area contributed by atoms with Crippen LogP contribution in [0.3, 0.4) is 0 Å². The fourth-order valence-corrected chi connectivity index (χ4v) is 1.66. The molecule has 2 aromatic rings. The molecule has 0 saturated heterocycles. The van der Waals surface area contributed by atoms with Gasteiger partial charge in [0.15, 0.2) is 0 Å². The molecule has 0 fully saturated rings. The van der Waals surface area contributed by atoms with Crippen LogP contribution in [0, 0.1) is 0 Å². The van der Waals surface area contributed by atoms with Gasteiger partial charge in [0.2, 0.25) is 5.88 Å². The van der Waals surface area contributed by atoms with Crippen LogP contribution in [-0.2, 0) is 6.54 Å². The summed E-state index contributed by atoms with van der Waals surface area (Å²) in [4.78, 5) is 8.50. The van der Waals surface area contributed by atoms with E-state index in [2.05, 4.69) is 29.1 Å². The lowest BCUT2D eigenvalue weighted by molar-refractivity contribution is 0.455. The second-order valence-corrected chi connectivity index (χ2v) is 4.88. The van der Waals surface area contributed by atoms with Gasteiger partial charge in [-0.3, -0.25) is 4.98 Å². The second-order valence-electron chi connectivity index (χ2n) is 4.44. The molecule has 0 aliphatic heterocycles. The number of benzene rings is 1. The molecule has 0 aliphatic carbocycles. The number of hydrogen-bond donors (Lipinski definition) is 1. The molecule has 1 N–H and O–H groups in total. The number of hydrogen-bond acceptors (Lipinski definition) is 4. The number of nitrogens with zero attached hydrogens (tertiary/aromatic N) is 2. The van der Waals surface area contributed by atoms with Gasteiger partial charge >= 0.3 is 0 Å². The fraction of sp³-hybridized carbons (Fsp3) is 0.286. The third-order valence-corrected chi connectivity index (χ3v) is 2.61. The Morgan fingerprint density at radius 1 is 1.32 bits per heavy atom. The van der Waals surface area contributed by atoms with Gasteiger partial charge in [-0.2, -0.15) is 0 Å². The molecule has 0 spiro atoms. The van der Waals surface area contributed by atoms with Crippen LogP contribution in [0.4, 0.5) is 0 Å². The Morgan fingerprint density at radius 3 is 2.89 bits per heavy atom. The van der Waals surface area contributed by atoms with Crippen molar-refractivity contribution in [3.05, 3.63) is 47.4 Å². The molecule has 1 aromatic heterocycles. The lowest BCUT2D eigenvalue weighted by atomic mass is 10.3. The van der Waals surface area contributed by atoms with Gasteiger partial charge in [0.05, 0.1) is 11.9 Å². The summed E-state index contributed by atoms with van der Waals surface area (Å²) in [5, 5.41) is 3.91. The van der Waals surface area contributed by atoms with Crippen LogP contribution in [0.15, 0.2) is 36.7 Å². The van der Waals surface area contributed by atoms with Crippen molar-refractivity contribution < 1.29 is 4.74 Å². The molecule has 4 nitrogen and oxygen atoms in total. The SMILES string of the molecule is CC(C)NCc1cncc(Oc2cccc(Cl)c2)n1. The molecule has 100 valence electrons. The van der Waals surface area contributed by atoms with E-state index in [4.69, 9.17) is 16.3 Å². The predicted molar refractivity (Wildman–Crippen MR) is 75.5 cm³/mol. The quantitative estimate of drug-likeness (QED) is 0.910. The molecule has 0 unspecified atom stereocenters. The van der Waals surface area contributed by atoms with Crippen molar-refractivity contribution in [3.63, 3.8) is 0 Å². The summed E-state index contributed by atoms with van der Waals surface area (Å²) in [5.41, 5.74) is 0.841. The maximum absolute atomic E-state index is 5.90. The summed E-state index contributed by atoms with van der Waals surface area (Å²) in [5.74, 6) is 1.11. The third-order valence-electron chi connectivity index (χ3n) is 2.37. The summed E-state index contributed by atoms with van der Waals surface area (Å²) in [6.45, 7) is 4.83. The highest BCUT2D eigenvalue weighted by Crippen LogP contribution is 2.22. The summed E-state index contributed by atoms with van der Waals surface area (Å²) in [6.07, 6.45) is 3.31. The van der Waals surface area contributed by atoms with Crippen LogP contribution < -0.4 is 10.1 Å². The van der Waals surface area contributed by atoms with E-state index >= 15 is 0 Å². The van der Waals surface area contributed by atoms with Crippen LogP contribution in [0.1, 0.15) is 19.5 Å². The van der Waals surface area contributed by atoms with Crippen molar-refractivity contribution in [3.8, 4) is 11.6 Å². The normalized spacial score (nSPS) is 10.7. The smallest absolute Gasteiger partial charge is 0.238 e. The molecule has 5 heteroatoms. The van der Waals surface area contributed by atoms with Crippen molar-refractivity contribution in [2.75, 3.05) is 0 Å². The van der Waals surface area contributed by atoms with Gasteiger partial charge in [-0.1, -0.05) is 31.5 Å². The van der Waals surface area contributed by atoms with E-state index in [1.807, 2.05) is 12.1 Å². The zero-order chi connectivity index (χ0) is 13.7. The molecule has 1 aromatic carbocycles. The average Bonchev–Trinajstić information content (AvgIpc) is 2.37. The molecule has 0 amide bonds. The van der Waals surface area contributed by atoms with Crippen LogP contribution in [-0.4, -0.2) is 16.0 Å². The molecular weight excluding hydrogens is 262 g/mol. The van der Waals surface area contributed by atoms with Crippen LogP contribution in [0.25, 0.3) is 0 Å². The lowest BCUT2D eigenvalue weighted by Gasteiger charge is -2.09. The summed E-state index contributed by atoms with van der Waals surface area (Å²) in [7, 11) is 0. The highest BCUT2D eigenvalue weighted by atomic mass is 35.5. The van der Waals surface area contributed by atoms with E-state index < -0.39 is 0 Å². The van der Waals surface area contributed by atoms with Crippen molar-refractivity contribution in [2.24, 2.45) is 0 Å². The van der Waals surface area contributed by atoms with Gasteiger partial charge in [-0.25, -0.2) is 4.98 Å². The van der Waals surface area contributed by atoms with Gasteiger partial charge < -0.3 is 10.1 Å². The summed E-state index contributed by atoms with van der Waals surface area (Å²) in [6, 6.07) is 7.59. The molecular formula is C14H16ClN3O. The van der Waals surface area contributed by atoms with Crippen LogP contribution in [0.5, 0.6) is 11.6 Å². The zero-order valence-corrected chi connectivity index (χ0v) is 11.7. The van der Waals surface area contributed by atoms with Crippen molar-refractivity contribution in [2.45, 2.75) is 26.4 Å².